The van der Waals surface area contributed by atoms with Gasteiger partial charge in [-0.3, -0.25) is 19.3 Å². The van der Waals surface area contributed by atoms with E-state index in [9.17, 15) is 4.79 Å². The van der Waals surface area contributed by atoms with Gasteiger partial charge in [0, 0.05) is 36.1 Å². The van der Waals surface area contributed by atoms with Crippen molar-refractivity contribution in [1.82, 2.24) is 24.4 Å². The number of nitrogens with zero attached hydrogens (tertiary/aromatic N) is 5. The highest BCUT2D eigenvalue weighted by Gasteiger charge is 2.27. The number of aromatic nitrogens is 4. The number of carbonyl (C=O) groups excluding carboxylic acids is 1. The Morgan fingerprint density at radius 2 is 1.82 bits per heavy atom. The molecule has 39 heavy (non-hydrogen) atoms. The fraction of sp³-hybridized carbons (Fsp3) is 0.226. The van der Waals surface area contributed by atoms with Crippen LogP contribution < -0.4 is 0 Å². The lowest BCUT2D eigenvalue weighted by atomic mass is 9.88. The summed E-state index contributed by atoms with van der Waals surface area (Å²) in [6.45, 7) is 3.36. The van der Waals surface area contributed by atoms with Crippen molar-refractivity contribution in [3.05, 3.63) is 111 Å². The average Bonchev–Trinajstić information content (AvgIpc) is 3.52. The molecule has 2 aliphatic rings. The summed E-state index contributed by atoms with van der Waals surface area (Å²) in [5.41, 5.74) is 9.30. The Morgan fingerprint density at radius 1 is 0.974 bits per heavy atom. The maximum absolute atomic E-state index is 13.6. The molecule has 0 atom stereocenters. The lowest BCUT2D eigenvalue weighted by Crippen LogP contribution is -2.36. The van der Waals surface area contributed by atoms with Crippen LogP contribution in [0.3, 0.4) is 0 Å². The molecule has 1 aliphatic carbocycles. The van der Waals surface area contributed by atoms with Gasteiger partial charge in [0.15, 0.2) is 0 Å². The molecule has 0 radical (unpaired) electrons. The fourth-order valence-electron chi connectivity index (χ4n) is 5.91. The molecule has 1 amide bonds. The summed E-state index contributed by atoms with van der Waals surface area (Å²) in [7, 11) is 0. The maximum Gasteiger partial charge on any atom is 0.264 e. The van der Waals surface area contributed by atoms with E-state index in [1.165, 1.54) is 39.2 Å². The molecule has 4 aromatic heterocycles. The number of aryl methyl sites for hydroxylation is 3. The second-order valence-electron chi connectivity index (χ2n) is 10.1. The molecule has 1 aliphatic heterocycles. The molecule has 8 heteroatoms. The average molecular weight is 552 g/mol. The Balaban J connectivity index is 1.17. The number of fused-ring (bicyclic) bond motifs is 3. The highest BCUT2D eigenvalue weighted by molar-refractivity contribution is 7.16. The molecular weight excluding hydrogens is 526 g/mol. The van der Waals surface area contributed by atoms with Gasteiger partial charge in [-0.05, 0) is 85.7 Å². The molecule has 5 heterocycles. The monoisotopic (exact) mass is 551 g/mol. The predicted octanol–water partition coefficient (Wildman–Crippen LogP) is 6.68. The van der Waals surface area contributed by atoms with E-state index in [4.69, 9.17) is 16.6 Å². The Morgan fingerprint density at radius 3 is 2.69 bits per heavy atom. The summed E-state index contributed by atoms with van der Waals surface area (Å²) in [4.78, 5) is 29.9. The van der Waals surface area contributed by atoms with Gasteiger partial charge in [-0.2, -0.15) is 0 Å². The lowest BCUT2D eigenvalue weighted by Gasteiger charge is -2.30. The molecule has 0 spiro atoms. The molecule has 0 saturated carbocycles. The first kappa shape index (κ1) is 24.2. The van der Waals surface area contributed by atoms with E-state index < -0.39 is 0 Å². The Kier molecular flexibility index (Phi) is 6.05. The maximum atomic E-state index is 13.6. The first-order valence-corrected chi connectivity index (χ1v) is 14.4. The standard InChI is InChI=1S/C31H26ClN5OS/c1-19-35-25-18-33-14-10-26(25)37(19)28-9-8-27(39-28)31(38)36-15-11-20(12-16-36)29-24-7-6-23(32)17-22(24)5-4-21-3-2-13-34-30(21)29/h2-3,6-10,13-14,17-18H,4-5,11-12,15-16H2,1H3. The van der Waals surface area contributed by atoms with Crippen LogP contribution in [0.4, 0.5) is 0 Å². The lowest BCUT2D eigenvalue weighted by molar-refractivity contribution is 0.0748. The van der Waals surface area contributed by atoms with Crippen molar-refractivity contribution >= 4 is 45.5 Å². The summed E-state index contributed by atoms with van der Waals surface area (Å²) in [5.74, 6) is 0.970. The number of halogens is 1. The minimum absolute atomic E-state index is 0.0885. The molecule has 7 rings (SSSR count). The predicted molar refractivity (Wildman–Crippen MR) is 156 cm³/mol. The van der Waals surface area contributed by atoms with Gasteiger partial charge in [-0.1, -0.05) is 29.3 Å². The third-order valence-corrected chi connectivity index (χ3v) is 9.08. The molecule has 0 bridgehead atoms. The van der Waals surface area contributed by atoms with Crippen LogP contribution in [0.1, 0.15) is 50.7 Å². The van der Waals surface area contributed by atoms with Crippen molar-refractivity contribution < 1.29 is 4.79 Å². The number of hydrogen-bond acceptors (Lipinski definition) is 5. The first-order valence-electron chi connectivity index (χ1n) is 13.2. The number of piperidine rings is 1. The number of thiophene rings is 1. The fourth-order valence-corrected chi connectivity index (χ4v) is 7.14. The van der Waals surface area contributed by atoms with Gasteiger partial charge in [0.1, 0.15) is 16.3 Å². The van der Waals surface area contributed by atoms with Gasteiger partial charge in [-0.15, -0.1) is 11.3 Å². The molecule has 1 fully saturated rings. The zero-order valence-electron chi connectivity index (χ0n) is 21.5. The van der Waals surface area contributed by atoms with Crippen molar-refractivity contribution in [3.8, 4) is 5.00 Å². The normalized spacial score (nSPS) is 15.3. The molecule has 0 N–H and O–H groups in total. The Labute approximate surface area is 235 Å². The number of carbonyl (C=O) groups is 1. The largest absolute Gasteiger partial charge is 0.337 e. The van der Waals surface area contributed by atoms with Crippen LogP contribution in [-0.4, -0.2) is 43.4 Å². The third kappa shape index (κ3) is 4.26. The van der Waals surface area contributed by atoms with E-state index in [0.717, 1.165) is 63.1 Å². The molecule has 6 nitrogen and oxygen atoms in total. The van der Waals surface area contributed by atoms with Crippen LogP contribution >= 0.6 is 22.9 Å². The number of benzene rings is 1. The number of imidazole rings is 1. The summed E-state index contributed by atoms with van der Waals surface area (Å²) in [5, 5.41) is 1.75. The van der Waals surface area contributed by atoms with Crippen LogP contribution in [0, 0.1) is 6.92 Å². The van der Waals surface area contributed by atoms with Gasteiger partial charge >= 0.3 is 0 Å². The van der Waals surface area contributed by atoms with Gasteiger partial charge in [0.2, 0.25) is 0 Å². The zero-order valence-corrected chi connectivity index (χ0v) is 23.1. The molecule has 1 saturated heterocycles. The van der Waals surface area contributed by atoms with Crippen LogP contribution in [-0.2, 0) is 12.8 Å². The van der Waals surface area contributed by atoms with Gasteiger partial charge in [0.25, 0.3) is 5.91 Å². The van der Waals surface area contributed by atoms with E-state index in [2.05, 4.69) is 32.7 Å². The molecular formula is C31H26ClN5OS. The summed E-state index contributed by atoms with van der Waals surface area (Å²) in [6, 6.07) is 16.3. The van der Waals surface area contributed by atoms with E-state index in [0.29, 0.717) is 13.1 Å². The molecule has 0 unspecified atom stereocenters. The third-order valence-electron chi connectivity index (χ3n) is 7.78. The zero-order chi connectivity index (χ0) is 26.5. The minimum atomic E-state index is 0.0885. The Bertz CT molecular complexity index is 1770. The summed E-state index contributed by atoms with van der Waals surface area (Å²) in [6.07, 6.45) is 8.97. The van der Waals surface area contributed by atoms with Gasteiger partial charge in [0.05, 0.1) is 22.3 Å². The number of rotatable bonds is 2. The number of amides is 1. The van der Waals surface area contributed by atoms with Gasteiger partial charge in [-0.25, -0.2) is 4.98 Å². The first-order chi connectivity index (χ1) is 19.1. The van der Waals surface area contributed by atoms with Crippen molar-refractivity contribution in [3.63, 3.8) is 0 Å². The highest BCUT2D eigenvalue weighted by atomic mass is 35.5. The number of pyridine rings is 2. The molecule has 194 valence electrons. The van der Waals surface area contributed by atoms with E-state index in [1.807, 2.05) is 48.4 Å². The van der Waals surface area contributed by atoms with E-state index >= 15 is 0 Å². The minimum Gasteiger partial charge on any atom is -0.337 e. The SMILES string of the molecule is Cc1nc2cnccc2n1-c1ccc(C(=O)N2CCC(=C3c4ccc(Cl)cc4CCc4cccnc43)CC2)s1. The number of hydrogen-bond donors (Lipinski definition) is 0. The summed E-state index contributed by atoms with van der Waals surface area (Å²) >= 11 is 7.89. The Hall–Kier alpha value is -3.81. The molecule has 1 aromatic carbocycles. The van der Waals surface area contributed by atoms with Crippen LogP contribution in [0.5, 0.6) is 0 Å². The second kappa shape index (κ2) is 9.74. The van der Waals surface area contributed by atoms with E-state index in [-0.39, 0.29) is 5.91 Å². The molecule has 5 aromatic rings. The van der Waals surface area contributed by atoms with Crippen LogP contribution in [0.2, 0.25) is 5.02 Å². The van der Waals surface area contributed by atoms with Crippen molar-refractivity contribution in [2.75, 3.05) is 13.1 Å². The van der Waals surface area contributed by atoms with Crippen LogP contribution in [0.25, 0.3) is 21.6 Å². The highest BCUT2D eigenvalue weighted by Crippen LogP contribution is 2.39. The van der Waals surface area contributed by atoms with E-state index in [1.54, 1.807) is 12.4 Å². The van der Waals surface area contributed by atoms with Crippen LogP contribution in [0.15, 0.2) is 72.7 Å². The quantitative estimate of drug-likeness (QED) is 0.246. The second-order valence-corrected chi connectivity index (χ2v) is 11.6. The van der Waals surface area contributed by atoms with Crippen molar-refractivity contribution in [2.24, 2.45) is 0 Å². The number of likely N-dealkylation sites (tertiary alicyclic amines) is 1. The van der Waals surface area contributed by atoms with Crippen molar-refractivity contribution in [1.29, 1.82) is 0 Å². The topological polar surface area (TPSA) is 63.9 Å². The smallest absolute Gasteiger partial charge is 0.264 e. The summed E-state index contributed by atoms with van der Waals surface area (Å²) < 4.78 is 2.09. The van der Waals surface area contributed by atoms with Crippen molar-refractivity contribution in [2.45, 2.75) is 32.6 Å². The van der Waals surface area contributed by atoms with Gasteiger partial charge < -0.3 is 4.90 Å².